The zero-order chi connectivity index (χ0) is 13.2. The molecule has 3 nitrogen and oxygen atoms in total. The first-order valence-electron chi connectivity index (χ1n) is 7.13. The predicted molar refractivity (Wildman–Crippen MR) is 75.7 cm³/mol. The monoisotopic (exact) mass is 256 g/mol. The van der Waals surface area contributed by atoms with E-state index in [1.54, 1.807) is 6.33 Å². The number of nitrogens with zero attached hydrogens (tertiary/aromatic N) is 2. The van der Waals surface area contributed by atoms with Crippen molar-refractivity contribution in [2.24, 2.45) is 0 Å². The molecule has 1 aromatic heterocycles. The molecule has 2 aromatic rings. The highest BCUT2D eigenvalue weighted by molar-refractivity contribution is 5.58. The summed E-state index contributed by atoms with van der Waals surface area (Å²) in [5.41, 5.74) is 2.89. The summed E-state index contributed by atoms with van der Waals surface area (Å²) in [6.45, 7) is 2.06. The van der Waals surface area contributed by atoms with Gasteiger partial charge in [0.15, 0.2) is 5.69 Å². The summed E-state index contributed by atoms with van der Waals surface area (Å²) in [5.74, 6) is 0. The highest BCUT2D eigenvalue weighted by Gasteiger charge is 2.25. The molecule has 3 heteroatoms. The smallest absolute Gasteiger partial charge is 0.247 e. The number of imidazole rings is 1. The molecular weight excluding hydrogens is 236 g/mol. The van der Waals surface area contributed by atoms with Gasteiger partial charge in [-0.2, -0.15) is 0 Å². The zero-order valence-corrected chi connectivity index (χ0v) is 11.4. The molecule has 1 aliphatic rings. The van der Waals surface area contributed by atoms with Gasteiger partial charge in [0, 0.05) is 12.5 Å². The van der Waals surface area contributed by atoms with Gasteiger partial charge in [-0.25, -0.2) is 9.30 Å². The Hall–Kier alpha value is -1.77. The van der Waals surface area contributed by atoms with Crippen LogP contribution >= 0.6 is 0 Å². The minimum atomic E-state index is 0.506. The van der Waals surface area contributed by atoms with Crippen molar-refractivity contribution in [2.45, 2.75) is 45.1 Å². The molecule has 0 saturated heterocycles. The van der Waals surface area contributed by atoms with Crippen molar-refractivity contribution < 1.29 is 4.73 Å². The Balaban J connectivity index is 2.00. The van der Waals surface area contributed by atoms with Crippen LogP contribution in [0, 0.1) is 12.1 Å². The summed E-state index contributed by atoms with van der Waals surface area (Å²) < 4.78 is 3.22. The maximum absolute atomic E-state index is 12.2. The van der Waals surface area contributed by atoms with Gasteiger partial charge >= 0.3 is 0 Å². The number of rotatable bonds is 2. The first-order valence-corrected chi connectivity index (χ1v) is 7.13. The molecule has 0 unspecified atom stereocenters. The third-order valence-corrected chi connectivity index (χ3v) is 4.19. The van der Waals surface area contributed by atoms with Crippen molar-refractivity contribution in [1.82, 2.24) is 4.57 Å². The molecule has 1 aliphatic carbocycles. The van der Waals surface area contributed by atoms with E-state index in [4.69, 9.17) is 0 Å². The van der Waals surface area contributed by atoms with Crippen molar-refractivity contribution in [1.29, 1.82) is 0 Å². The van der Waals surface area contributed by atoms with Gasteiger partial charge in [0.25, 0.3) is 0 Å². The van der Waals surface area contributed by atoms with Crippen LogP contribution in [0.25, 0.3) is 11.3 Å². The van der Waals surface area contributed by atoms with E-state index in [2.05, 4.69) is 11.5 Å². The lowest BCUT2D eigenvalue weighted by molar-refractivity contribution is -0.593. The fourth-order valence-electron chi connectivity index (χ4n) is 3.20. The predicted octanol–water partition coefficient (Wildman–Crippen LogP) is 3.60. The Morgan fingerprint density at radius 1 is 1.11 bits per heavy atom. The maximum Gasteiger partial charge on any atom is 0.247 e. The molecule has 19 heavy (non-hydrogen) atoms. The van der Waals surface area contributed by atoms with E-state index in [0.717, 1.165) is 21.7 Å². The van der Waals surface area contributed by atoms with Gasteiger partial charge in [0.05, 0.1) is 0 Å². The average molecular weight is 256 g/mol. The van der Waals surface area contributed by atoms with Crippen LogP contribution in [0.1, 0.15) is 43.8 Å². The van der Waals surface area contributed by atoms with E-state index in [1.165, 1.54) is 32.1 Å². The Morgan fingerprint density at radius 3 is 2.47 bits per heavy atom. The average Bonchev–Trinajstić information content (AvgIpc) is 2.76. The Bertz CT molecular complexity index is 554. The minimum Gasteiger partial charge on any atom is -0.710 e. The molecule has 1 fully saturated rings. The number of aromatic nitrogens is 2. The van der Waals surface area contributed by atoms with Crippen LogP contribution in [0.2, 0.25) is 0 Å². The molecule has 0 bridgehead atoms. The number of hydrogen-bond acceptors (Lipinski definition) is 1. The fraction of sp³-hybridized carbons (Fsp3) is 0.438. The highest BCUT2D eigenvalue weighted by atomic mass is 16.5. The Labute approximate surface area is 114 Å². The van der Waals surface area contributed by atoms with Crippen LogP contribution in [0.4, 0.5) is 0 Å². The van der Waals surface area contributed by atoms with E-state index in [1.807, 2.05) is 30.3 Å². The second-order valence-electron chi connectivity index (χ2n) is 5.44. The quantitative estimate of drug-likeness (QED) is 0.596. The van der Waals surface area contributed by atoms with E-state index in [-0.39, 0.29) is 0 Å². The lowest BCUT2D eigenvalue weighted by Gasteiger charge is -2.19. The van der Waals surface area contributed by atoms with Crippen molar-refractivity contribution >= 4 is 0 Å². The van der Waals surface area contributed by atoms with Crippen LogP contribution in [0.15, 0.2) is 36.7 Å². The van der Waals surface area contributed by atoms with E-state index in [0.29, 0.717) is 6.04 Å². The van der Waals surface area contributed by atoms with Crippen molar-refractivity contribution in [3.63, 3.8) is 0 Å². The largest absolute Gasteiger partial charge is 0.710 e. The maximum atomic E-state index is 12.2. The molecular formula is C16H20N2O. The van der Waals surface area contributed by atoms with Gasteiger partial charge in [-0.1, -0.05) is 36.8 Å². The Kier molecular flexibility index (Phi) is 3.28. The zero-order valence-electron chi connectivity index (χ0n) is 11.4. The number of benzene rings is 1. The summed E-state index contributed by atoms with van der Waals surface area (Å²) >= 11 is 0. The van der Waals surface area contributed by atoms with E-state index < -0.39 is 0 Å². The van der Waals surface area contributed by atoms with Gasteiger partial charge in [0.1, 0.15) is 11.7 Å². The second-order valence-corrected chi connectivity index (χ2v) is 5.44. The van der Waals surface area contributed by atoms with Crippen molar-refractivity contribution in [2.75, 3.05) is 0 Å². The standard InChI is InChI=1S/C16H20N2O/c1-13-16(14-8-4-2-5-9-14)18(19)12-17(13)15-10-6-3-7-11-15/h2,4-5,8-9,12,15H,3,6-7,10-11H2,1H3. The molecule has 0 atom stereocenters. The molecule has 1 saturated carbocycles. The van der Waals surface area contributed by atoms with Crippen LogP contribution in [-0.4, -0.2) is 4.57 Å². The van der Waals surface area contributed by atoms with Gasteiger partial charge in [-0.05, 0) is 25.7 Å². The van der Waals surface area contributed by atoms with Gasteiger partial charge < -0.3 is 5.21 Å². The summed E-state index contributed by atoms with van der Waals surface area (Å²) in [5, 5.41) is 12.2. The SMILES string of the molecule is Cc1c(-c2ccccc2)[n+]([O-])cn1C1CCCCC1. The molecule has 0 aliphatic heterocycles. The van der Waals surface area contributed by atoms with Crippen LogP contribution in [0.3, 0.4) is 0 Å². The molecule has 3 rings (SSSR count). The van der Waals surface area contributed by atoms with Gasteiger partial charge in [-0.3, -0.25) is 0 Å². The normalized spacial score (nSPS) is 16.7. The lowest BCUT2D eigenvalue weighted by Crippen LogP contribution is -2.26. The first-order chi connectivity index (χ1) is 9.27. The molecule has 0 spiro atoms. The highest BCUT2D eigenvalue weighted by Crippen LogP contribution is 2.31. The van der Waals surface area contributed by atoms with Gasteiger partial charge in [0.2, 0.25) is 6.33 Å². The van der Waals surface area contributed by atoms with Crippen molar-refractivity contribution in [3.05, 3.63) is 47.6 Å². The minimum absolute atomic E-state index is 0.506. The molecule has 1 aromatic carbocycles. The molecule has 100 valence electrons. The van der Waals surface area contributed by atoms with Crippen LogP contribution in [-0.2, 0) is 0 Å². The summed E-state index contributed by atoms with van der Waals surface area (Å²) in [4.78, 5) is 0. The fourth-order valence-corrected chi connectivity index (χ4v) is 3.20. The summed E-state index contributed by atoms with van der Waals surface area (Å²) in [7, 11) is 0. The number of hydrogen-bond donors (Lipinski definition) is 0. The molecule has 1 heterocycles. The van der Waals surface area contributed by atoms with Crippen molar-refractivity contribution in [3.8, 4) is 11.3 Å². The lowest BCUT2D eigenvalue weighted by atomic mass is 9.95. The summed E-state index contributed by atoms with van der Waals surface area (Å²) in [6.07, 6.45) is 8.02. The third kappa shape index (κ3) is 2.25. The summed E-state index contributed by atoms with van der Waals surface area (Å²) in [6, 6.07) is 10.4. The topological polar surface area (TPSA) is 31.9 Å². The second kappa shape index (κ2) is 5.08. The van der Waals surface area contributed by atoms with E-state index in [9.17, 15) is 5.21 Å². The van der Waals surface area contributed by atoms with E-state index >= 15 is 0 Å². The first kappa shape index (κ1) is 12.3. The molecule has 0 amide bonds. The van der Waals surface area contributed by atoms with Gasteiger partial charge in [-0.15, -0.1) is 0 Å². The third-order valence-electron chi connectivity index (χ3n) is 4.19. The Morgan fingerprint density at radius 2 is 1.79 bits per heavy atom. The van der Waals surface area contributed by atoms with Crippen LogP contribution < -0.4 is 4.73 Å². The molecule has 0 N–H and O–H groups in total. The molecule has 0 radical (unpaired) electrons. The van der Waals surface area contributed by atoms with Crippen LogP contribution in [0.5, 0.6) is 0 Å².